The van der Waals surface area contributed by atoms with E-state index in [0.29, 0.717) is 36.6 Å². The summed E-state index contributed by atoms with van der Waals surface area (Å²) in [7, 11) is 0. The molecule has 1 aromatic carbocycles. The molecule has 3 fully saturated rings. The molecular formula is C28H36ClN3O4S. The lowest BCUT2D eigenvalue weighted by atomic mass is 9.70. The number of hydrogen-bond acceptors (Lipinski definition) is 5. The molecule has 0 aliphatic carbocycles. The number of benzene rings is 1. The summed E-state index contributed by atoms with van der Waals surface area (Å²) in [6.45, 7) is 11.2. The number of halogens is 1. The van der Waals surface area contributed by atoms with E-state index in [4.69, 9.17) is 11.6 Å². The molecule has 4 rings (SSSR count). The molecular weight excluding hydrogens is 510 g/mol. The second-order valence-electron chi connectivity index (χ2n) is 9.95. The lowest BCUT2D eigenvalue weighted by Gasteiger charge is -2.37. The van der Waals surface area contributed by atoms with Crippen LogP contribution in [0.5, 0.6) is 0 Å². The Balaban J connectivity index is 1.74. The molecule has 37 heavy (non-hydrogen) atoms. The molecule has 2 unspecified atom stereocenters. The van der Waals surface area contributed by atoms with Crippen molar-refractivity contribution in [3.05, 3.63) is 54.6 Å². The fraction of sp³-hybridized carbons (Fsp3) is 0.536. The molecule has 0 saturated carbocycles. The first-order valence-electron chi connectivity index (χ1n) is 13.0. The number of amides is 3. The highest BCUT2D eigenvalue weighted by atomic mass is 35.5. The highest BCUT2D eigenvalue weighted by molar-refractivity contribution is 8.02. The number of aliphatic hydroxyl groups excluding tert-OH is 1. The molecule has 5 atom stereocenters. The van der Waals surface area contributed by atoms with Gasteiger partial charge in [-0.1, -0.05) is 30.7 Å². The van der Waals surface area contributed by atoms with Crippen LogP contribution in [-0.2, 0) is 14.4 Å². The molecule has 2 bridgehead atoms. The Bertz CT molecular complexity index is 1050. The van der Waals surface area contributed by atoms with Crippen molar-refractivity contribution in [2.45, 2.75) is 48.6 Å². The molecule has 0 aromatic heterocycles. The standard InChI is InChI=1S/C28H36ClN3O4S/c1-4-14-30(15-5-2)25(34)22-21-12-13-28(37-21)23(22)26(35)32(17-7-18-33)24(28)27(36)31(16-6-3)20-10-8-19(29)9-11-20/h4,6,8-11,21-24,33H,1,3,5,7,12-18H2,2H3/t21-,22+,23-,24?,28?/m0/s1. The zero-order valence-electron chi connectivity index (χ0n) is 21.4. The van der Waals surface area contributed by atoms with Gasteiger partial charge in [-0.05, 0) is 49.9 Å². The predicted octanol–water partition coefficient (Wildman–Crippen LogP) is 3.76. The molecule has 9 heteroatoms. The molecule has 3 amide bonds. The number of fused-ring (bicyclic) bond motifs is 1. The Morgan fingerprint density at radius 1 is 1.22 bits per heavy atom. The van der Waals surface area contributed by atoms with Crippen molar-refractivity contribution < 1.29 is 19.5 Å². The SMILES string of the molecule is C=CCN(CCC)C(=O)[C@@H]1[C@@H]2CCC3(S2)C(C(=O)N(CC=C)c2ccc(Cl)cc2)N(CCCO)C(=O)[C@H]13. The van der Waals surface area contributed by atoms with Crippen molar-refractivity contribution >= 4 is 46.8 Å². The highest BCUT2D eigenvalue weighted by Gasteiger charge is 2.74. The largest absolute Gasteiger partial charge is 0.396 e. The number of anilines is 1. The van der Waals surface area contributed by atoms with E-state index in [1.54, 1.807) is 62.9 Å². The van der Waals surface area contributed by atoms with Crippen molar-refractivity contribution in [1.29, 1.82) is 0 Å². The fourth-order valence-corrected chi connectivity index (χ4v) is 8.68. The first-order valence-corrected chi connectivity index (χ1v) is 14.3. The molecule has 0 radical (unpaired) electrons. The Hall–Kier alpha value is -2.29. The Morgan fingerprint density at radius 2 is 1.92 bits per heavy atom. The van der Waals surface area contributed by atoms with E-state index in [9.17, 15) is 19.5 Å². The van der Waals surface area contributed by atoms with Crippen LogP contribution in [0.4, 0.5) is 5.69 Å². The normalized spacial score (nSPS) is 27.8. The van der Waals surface area contributed by atoms with Gasteiger partial charge in [-0.25, -0.2) is 0 Å². The van der Waals surface area contributed by atoms with Crippen molar-refractivity contribution in [3.8, 4) is 0 Å². The van der Waals surface area contributed by atoms with Crippen LogP contribution >= 0.6 is 23.4 Å². The second-order valence-corrected chi connectivity index (χ2v) is 12.0. The van der Waals surface area contributed by atoms with Gasteiger partial charge < -0.3 is 19.8 Å². The Kier molecular flexibility index (Phi) is 8.71. The quantitative estimate of drug-likeness (QED) is 0.405. The minimum atomic E-state index is -0.723. The van der Waals surface area contributed by atoms with Crippen LogP contribution in [0.25, 0.3) is 0 Å². The van der Waals surface area contributed by atoms with Crippen LogP contribution in [0.15, 0.2) is 49.6 Å². The van der Waals surface area contributed by atoms with Gasteiger partial charge in [0, 0.05) is 48.7 Å². The van der Waals surface area contributed by atoms with E-state index in [2.05, 4.69) is 13.2 Å². The maximum atomic E-state index is 14.3. The molecule has 7 nitrogen and oxygen atoms in total. The average molecular weight is 546 g/mol. The monoisotopic (exact) mass is 545 g/mol. The van der Waals surface area contributed by atoms with Gasteiger partial charge in [-0.3, -0.25) is 14.4 Å². The minimum absolute atomic E-state index is 0.00398. The van der Waals surface area contributed by atoms with Gasteiger partial charge in [-0.15, -0.1) is 24.9 Å². The van der Waals surface area contributed by atoms with Gasteiger partial charge in [0.05, 0.1) is 16.6 Å². The van der Waals surface area contributed by atoms with Crippen molar-refractivity contribution in [2.24, 2.45) is 11.8 Å². The van der Waals surface area contributed by atoms with Crippen molar-refractivity contribution in [2.75, 3.05) is 37.7 Å². The Labute approximate surface area is 228 Å². The molecule has 3 aliphatic heterocycles. The maximum Gasteiger partial charge on any atom is 0.251 e. The number of nitrogens with zero attached hydrogens (tertiary/aromatic N) is 3. The van der Waals surface area contributed by atoms with Crippen LogP contribution in [0.2, 0.25) is 5.02 Å². The summed E-state index contributed by atoms with van der Waals surface area (Å²) in [5.41, 5.74) is 0.675. The number of carbonyl (C=O) groups is 3. The first-order chi connectivity index (χ1) is 17.8. The van der Waals surface area contributed by atoms with Crippen LogP contribution in [0.1, 0.15) is 32.6 Å². The molecule has 1 aromatic rings. The summed E-state index contributed by atoms with van der Waals surface area (Å²) < 4.78 is -0.674. The molecule has 3 saturated heterocycles. The van der Waals surface area contributed by atoms with E-state index in [1.807, 2.05) is 6.92 Å². The van der Waals surface area contributed by atoms with Gasteiger partial charge in [0.2, 0.25) is 11.8 Å². The number of rotatable bonds is 12. The van der Waals surface area contributed by atoms with Crippen LogP contribution < -0.4 is 4.90 Å². The fourth-order valence-electron chi connectivity index (χ4n) is 6.34. The summed E-state index contributed by atoms with van der Waals surface area (Å²) in [6, 6.07) is 6.32. The summed E-state index contributed by atoms with van der Waals surface area (Å²) in [5, 5.41) is 10.1. The molecule has 200 valence electrons. The third kappa shape index (κ3) is 4.84. The summed E-state index contributed by atoms with van der Waals surface area (Å²) in [6.07, 6.45) is 6.06. The second kappa shape index (κ2) is 11.6. The van der Waals surface area contributed by atoms with Crippen LogP contribution in [0.3, 0.4) is 0 Å². The molecule has 1 spiro atoms. The zero-order valence-corrected chi connectivity index (χ0v) is 22.9. The third-order valence-electron chi connectivity index (χ3n) is 7.75. The maximum absolute atomic E-state index is 14.3. The van der Waals surface area contributed by atoms with Crippen molar-refractivity contribution in [1.82, 2.24) is 9.80 Å². The van der Waals surface area contributed by atoms with Gasteiger partial charge in [0.25, 0.3) is 5.91 Å². The lowest BCUT2D eigenvalue weighted by Crippen LogP contribution is -2.55. The third-order valence-corrected chi connectivity index (χ3v) is 9.95. The van der Waals surface area contributed by atoms with E-state index >= 15 is 0 Å². The predicted molar refractivity (Wildman–Crippen MR) is 149 cm³/mol. The number of hydrogen-bond donors (Lipinski definition) is 1. The zero-order chi connectivity index (χ0) is 26.7. The topological polar surface area (TPSA) is 81.2 Å². The van der Waals surface area contributed by atoms with Gasteiger partial charge in [-0.2, -0.15) is 0 Å². The van der Waals surface area contributed by atoms with Crippen molar-refractivity contribution in [3.63, 3.8) is 0 Å². The smallest absolute Gasteiger partial charge is 0.251 e. The van der Waals surface area contributed by atoms with Gasteiger partial charge in [0.15, 0.2) is 0 Å². The Morgan fingerprint density at radius 3 is 2.54 bits per heavy atom. The minimum Gasteiger partial charge on any atom is -0.396 e. The number of carbonyl (C=O) groups excluding carboxylic acids is 3. The van der Waals surface area contributed by atoms with E-state index in [-0.39, 0.29) is 42.7 Å². The van der Waals surface area contributed by atoms with Crippen LogP contribution in [-0.4, -0.2) is 81.5 Å². The molecule has 3 heterocycles. The molecule has 3 aliphatic rings. The average Bonchev–Trinajstić information content (AvgIpc) is 3.53. The van der Waals surface area contributed by atoms with E-state index < -0.39 is 22.6 Å². The number of thioether (sulfide) groups is 1. The highest BCUT2D eigenvalue weighted by Crippen LogP contribution is 2.66. The van der Waals surface area contributed by atoms with E-state index in [1.165, 1.54) is 0 Å². The summed E-state index contributed by atoms with van der Waals surface area (Å²) in [5.74, 6) is -1.37. The first kappa shape index (κ1) is 27.7. The molecule has 1 N–H and O–H groups in total. The summed E-state index contributed by atoms with van der Waals surface area (Å²) >= 11 is 7.75. The number of likely N-dealkylation sites (tertiary alicyclic amines) is 1. The van der Waals surface area contributed by atoms with Gasteiger partial charge in [0.1, 0.15) is 6.04 Å². The lowest BCUT2D eigenvalue weighted by molar-refractivity contribution is -0.144. The van der Waals surface area contributed by atoms with Gasteiger partial charge >= 0.3 is 0 Å². The number of aliphatic hydroxyl groups is 1. The summed E-state index contributed by atoms with van der Waals surface area (Å²) in [4.78, 5) is 47.3. The van der Waals surface area contributed by atoms with Crippen LogP contribution in [0, 0.1) is 11.8 Å². The van der Waals surface area contributed by atoms with E-state index in [0.717, 1.165) is 12.8 Å².